The molecule has 18 heavy (non-hydrogen) atoms. The predicted molar refractivity (Wildman–Crippen MR) is 62.3 cm³/mol. The van der Waals surface area contributed by atoms with Crippen molar-refractivity contribution in [1.29, 1.82) is 0 Å². The van der Waals surface area contributed by atoms with Crippen LogP contribution in [-0.4, -0.2) is 17.7 Å². The number of non-ortho nitro benzene ring substituents is 1. The standard InChI is InChI=1S/C12H11NO5/c1-8-6-9(8)7-17-12(14)18-11-4-2-10(3-5-11)13(15)16/h2-6,9H,7H2,1H3/t9-/m0/s1. The lowest BCUT2D eigenvalue weighted by atomic mass is 10.3. The van der Waals surface area contributed by atoms with E-state index in [1.807, 2.05) is 13.0 Å². The van der Waals surface area contributed by atoms with E-state index in [0.717, 1.165) is 0 Å². The maximum absolute atomic E-state index is 11.3. The normalized spacial score (nSPS) is 16.7. The summed E-state index contributed by atoms with van der Waals surface area (Å²) < 4.78 is 9.73. The van der Waals surface area contributed by atoms with Crippen LogP contribution in [0.4, 0.5) is 10.5 Å². The first kappa shape index (κ1) is 12.1. The van der Waals surface area contributed by atoms with E-state index in [1.165, 1.54) is 29.8 Å². The molecule has 6 heteroatoms. The topological polar surface area (TPSA) is 78.7 Å². The number of carbonyl (C=O) groups excluding carboxylic acids is 1. The van der Waals surface area contributed by atoms with Crippen molar-refractivity contribution in [3.8, 4) is 5.75 Å². The van der Waals surface area contributed by atoms with Crippen LogP contribution in [0.2, 0.25) is 0 Å². The lowest BCUT2D eigenvalue weighted by Crippen LogP contribution is -2.12. The summed E-state index contributed by atoms with van der Waals surface area (Å²) in [6.07, 6.45) is 1.18. The van der Waals surface area contributed by atoms with Crippen LogP contribution >= 0.6 is 0 Å². The molecule has 0 radical (unpaired) electrons. The van der Waals surface area contributed by atoms with Crippen LogP contribution in [0.15, 0.2) is 35.9 Å². The highest BCUT2D eigenvalue weighted by atomic mass is 16.7. The molecule has 1 aromatic carbocycles. The summed E-state index contributed by atoms with van der Waals surface area (Å²) in [5.74, 6) is 0.445. The number of nitrogens with zero attached hydrogens (tertiary/aromatic N) is 1. The van der Waals surface area contributed by atoms with Crippen molar-refractivity contribution in [3.05, 3.63) is 46.0 Å². The Morgan fingerprint density at radius 1 is 1.39 bits per heavy atom. The summed E-state index contributed by atoms with van der Waals surface area (Å²) in [6, 6.07) is 5.21. The van der Waals surface area contributed by atoms with Crippen molar-refractivity contribution >= 4 is 11.8 Å². The third kappa shape index (κ3) is 3.07. The summed E-state index contributed by atoms with van der Waals surface area (Å²) in [7, 11) is 0. The van der Waals surface area contributed by atoms with Crippen LogP contribution in [-0.2, 0) is 4.74 Å². The van der Waals surface area contributed by atoms with Gasteiger partial charge in [0, 0.05) is 18.1 Å². The fourth-order valence-electron chi connectivity index (χ4n) is 1.37. The highest BCUT2D eigenvalue weighted by Gasteiger charge is 2.22. The third-order valence-electron chi connectivity index (χ3n) is 2.57. The molecule has 0 amide bonds. The number of hydrogen-bond donors (Lipinski definition) is 0. The molecule has 6 nitrogen and oxygen atoms in total. The van der Waals surface area contributed by atoms with Gasteiger partial charge in [-0.1, -0.05) is 11.6 Å². The zero-order valence-corrected chi connectivity index (χ0v) is 9.66. The minimum Gasteiger partial charge on any atom is -0.433 e. The fraction of sp³-hybridized carbons (Fsp3) is 0.250. The summed E-state index contributed by atoms with van der Waals surface area (Å²) in [4.78, 5) is 21.2. The van der Waals surface area contributed by atoms with Crippen LogP contribution in [0.1, 0.15) is 6.92 Å². The van der Waals surface area contributed by atoms with Gasteiger partial charge in [0.25, 0.3) is 5.69 Å². The van der Waals surface area contributed by atoms with Crippen molar-refractivity contribution in [2.45, 2.75) is 6.92 Å². The van der Waals surface area contributed by atoms with Crippen LogP contribution in [0, 0.1) is 16.0 Å². The smallest absolute Gasteiger partial charge is 0.433 e. The number of carbonyl (C=O) groups is 1. The molecule has 0 saturated heterocycles. The van der Waals surface area contributed by atoms with Gasteiger partial charge in [-0.05, 0) is 19.1 Å². The quantitative estimate of drug-likeness (QED) is 0.269. The maximum atomic E-state index is 11.3. The average molecular weight is 249 g/mol. The SMILES string of the molecule is CC1=C[C@H]1COC(=O)Oc1ccc([N+](=O)[O-])cc1. The molecule has 1 aliphatic carbocycles. The largest absolute Gasteiger partial charge is 0.513 e. The van der Waals surface area contributed by atoms with Gasteiger partial charge in [0.1, 0.15) is 12.4 Å². The highest BCUT2D eigenvalue weighted by molar-refractivity contribution is 5.64. The predicted octanol–water partition coefficient (Wildman–Crippen LogP) is 2.69. The minimum absolute atomic E-state index is 0.0616. The molecule has 1 atom stereocenters. The summed E-state index contributed by atoms with van der Waals surface area (Å²) in [5.41, 5.74) is 1.13. The minimum atomic E-state index is -0.808. The van der Waals surface area contributed by atoms with Gasteiger partial charge in [0.2, 0.25) is 0 Å². The summed E-state index contributed by atoms with van der Waals surface area (Å²) in [6.45, 7) is 2.23. The van der Waals surface area contributed by atoms with E-state index in [1.54, 1.807) is 0 Å². The maximum Gasteiger partial charge on any atom is 0.513 e. The second kappa shape index (κ2) is 4.87. The van der Waals surface area contributed by atoms with Gasteiger partial charge in [-0.3, -0.25) is 10.1 Å². The van der Waals surface area contributed by atoms with Crippen molar-refractivity contribution < 1.29 is 19.2 Å². The molecule has 0 aromatic heterocycles. The van der Waals surface area contributed by atoms with Gasteiger partial charge in [0.15, 0.2) is 0 Å². The lowest BCUT2D eigenvalue weighted by Gasteiger charge is -2.05. The van der Waals surface area contributed by atoms with Gasteiger partial charge in [-0.25, -0.2) is 4.79 Å². The zero-order chi connectivity index (χ0) is 13.1. The first-order valence-electron chi connectivity index (χ1n) is 5.33. The number of nitro groups is 1. The molecule has 0 heterocycles. The third-order valence-corrected chi connectivity index (χ3v) is 2.57. The van der Waals surface area contributed by atoms with E-state index in [2.05, 4.69) is 0 Å². The fourth-order valence-corrected chi connectivity index (χ4v) is 1.37. The number of hydrogen-bond acceptors (Lipinski definition) is 5. The molecular formula is C12H11NO5. The van der Waals surface area contributed by atoms with Crippen LogP contribution in [0.3, 0.4) is 0 Å². The molecule has 0 N–H and O–H groups in total. The molecule has 0 spiro atoms. The first-order chi connectivity index (χ1) is 8.56. The van der Waals surface area contributed by atoms with E-state index in [-0.39, 0.29) is 24.0 Å². The van der Waals surface area contributed by atoms with E-state index in [9.17, 15) is 14.9 Å². The monoisotopic (exact) mass is 249 g/mol. The number of ether oxygens (including phenoxy) is 2. The summed E-state index contributed by atoms with van der Waals surface area (Å²) in [5, 5.41) is 10.4. The van der Waals surface area contributed by atoms with E-state index in [0.29, 0.717) is 0 Å². The Morgan fingerprint density at radius 2 is 2.00 bits per heavy atom. The molecule has 0 aliphatic heterocycles. The molecule has 0 saturated carbocycles. The Labute approximate surface area is 103 Å². The van der Waals surface area contributed by atoms with Crippen LogP contribution < -0.4 is 4.74 Å². The Morgan fingerprint density at radius 3 is 2.50 bits per heavy atom. The molecular weight excluding hydrogens is 238 g/mol. The number of benzene rings is 1. The Hall–Kier alpha value is -2.37. The lowest BCUT2D eigenvalue weighted by molar-refractivity contribution is -0.384. The van der Waals surface area contributed by atoms with E-state index < -0.39 is 11.1 Å². The van der Waals surface area contributed by atoms with Crippen LogP contribution in [0.5, 0.6) is 5.75 Å². The van der Waals surface area contributed by atoms with Crippen molar-refractivity contribution in [2.24, 2.45) is 5.92 Å². The van der Waals surface area contributed by atoms with Gasteiger partial charge < -0.3 is 9.47 Å². The molecule has 0 fully saturated rings. The second-order valence-electron chi connectivity index (χ2n) is 3.93. The second-order valence-corrected chi connectivity index (χ2v) is 3.93. The molecule has 0 bridgehead atoms. The van der Waals surface area contributed by atoms with Gasteiger partial charge in [-0.15, -0.1) is 0 Å². The molecule has 0 unspecified atom stereocenters. The Balaban J connectivity index is 1.81. The van der Waals surface area contributed by atoms with Crippen LogP contribution in [0.25, 0.3) is 0 Å². The highest BCUT2D eigenvalue weighted by Crippen LogP contribution is 2.27. The average Bonchev–Trinajstić information content (AvgIpc) is 3.03. The number of nitro benzene ring substituents is 1. The first-order valence-corrected chi connectivity index (χ1v) is 5.33. The molecule has 1 aliphatic rings. The summed E-state index contributed by atoms with van der Waals surface area (Å²) >= 11 is 0. The Kier molecular flexibility index (Phi) is 3.27. The zero-order valence-electron chi connectivity index (χ0n) is 9.66. The van der Waals surface area contributed by atoms with E-state index >= 15 is 0 Å². The van der Waals surface area contributed by atoms with Crippen molar-refractivity contribution in [1.82, 2.24) is 0 Å². The van der Waals surface area contributed by atoms with Crippen molar-refractivity contribution in [3.63, 3.8) is 0 Å². The van der Waals surface area contributed by atoms with Gasteiger partial charge in [-0.2, -0.15) is 0 Å². The van der Waals surface area contributed by atoms with E-state index in [4.69, 9.17) is 9.47 Å². The number of rotatable bonds is 4. The van der Waals surface area contributed by atoms with Gasteiger partial charge in [0.05, 0.1) is 4.92 Å². The molecule has 1 aromatic rings. The van der Waals surface area contributed by atoms with Crippen molar-refractivity contribution in [2.75, 3.05) is 6.61 Å². The Bertz CT molecular complexity index is 506. The molecule has 94 valence electrons. The van der Waals surface area contributed by atoms with Gasteiger partial charge >= 0.3 is 6.16 Å². The molecule has 2 rings (SSSR count).